The van der Waals surface area contributed by atoms with Crippen LogP contribution in [0, 0.1) is 0 Å². The lowest BCUT2D eigenvalue weighted by Gasteiger charge is -2.44. The molecule has 0 amide bonds. The first-order valence-electron chi connectivity index (χ1n) is 10.6. The number of hydrogen-bond donors (Lipinski definition) is 5. The number of carbonyl (C=O) groups is 2. The van der Waals surface area contributed by atoms with Crippen molar-refractivity contribution in [1.29, 1.82) is 0 Å². The van der Waals surface area contributed by atoms with Crippen LogP contribution in [0.5, 0.6) is 34.5 Å². The van der Waals surface area contributed by atoms with Crippen LogP contribution in [0.2, 0.25) is 0 Å². The number of methoxy groups -OCH3 is 3. The molecule has 0 radical (unpaired) electrons. The van der Waals surface area contributed by atoms with Gasteiger partial charge in [-0.2, -0.15) is 0 Å². The van der Waals surface area contributed by atoms with Gasteiger partial charge < -0.3 is 54.0 Å². The van der Waals surface area contributed by atoms with Gasteiger partial charge >= 0.3 is 11.9 Å². The Bertz CT molecular complexity index is 1170. The van der Waals surface area contributed by atoms with Crippen LogP contribution in [0.25, 0.3) is 0 Å². The third-order valence-electron chi connectivity index (χ3n) is 6.01. The fraction of sp³-hybridized carbons (Fsp3) is 0.391. The molecule has 0 aromatic heterocycles. The van der Waals surface area contributed by atoms with Crippen molar-refractivity contribution in [2.24, 2.45) is 0 Å². The monoisotopic (exact) mass is 508 g/mol. The van der Waals surface area contributed by atoms with Crippen LogP contribution in [0.4, 0.5) is 0 Å². The maximum Gasteiger partial charge on any atom is 0.339 e. The number of rotatable bonds is 6. The van der Waals surface area contributed by atoms with E-state index in [9.17, 15) is 35.1 Å². The Kier molecular flexibility index (Phi) is 6.71. The van der Waals surface area contributed by atoms with E-state index in [2.05, 4.69) is 0 Å². The van der Waals surface area contributed by atoms with Gasteiger partial charge in [-0.3, -0.25) is 0 Å². The van der Waals surface area contributed by atoms with E-state index in [-0.39, 0.29) is 39.7 Å². The van der Waals surface area contributed by atoms with E-state index in [4.69, 9.17) is 28.4 Å². The Labute approximate surface area is 203 Å². The van der Waals surface area contributed by atoms with E-state index in [1.54, 1.807) is 0 Å². The molecule has 1 fully saturated rings. The molecule has 0 spiro atoms. The van der Waals surface area contributed by atoms with E-state index < -0.39 is 60.6 Å². The van der Waals surface area contributed by atoms with Gasteiger partial charge in [0.15, 0.2) is 29.1 Å². The van der Waals surface area contributed by atoms with Crippen molar-refractivity contribution in [2.45, 2.75) is 30.5 Å². The van der Waals surface area contributed by atoms with Crippen LogP contribution in [-0.2, 0) is 14.2 Å². The third-order valence-corrected chi connectivity index (χ3v) is 6.01. The second-order valence-electron chi connectivity index (χ2n) is 8.01. The molecule has 0 unspecified atom stereocenters. The van der Waals surface area contributed by atoms with Gasteiger partial charge in [0.2, 0.25) is 11.5 Å². The molecule has 2 heterocycles. The van der Waals surface area contributed by atoms with Crippen molar-refractivity contribution < 1.29 is 63.5 Å². The molecular formula is C23H24O13. The quantitative estimate of drug-likeness (QED) is 0.337. The number of esters is 2. The Hall–Kier alpha value is -3.94. The van der Waals surface area contributed by atoms with E-state index in [0.29, 0.717) is 0 Å². The first-order chi connectivity index (χ1) is 17.1. The zero-order chi connectivity index (χ0) is 26.3. The lowest BCUT2D eigenvalue weighted by molar-refractivity contribution is -0.235. The Balaban J connectivity index is 1.59. The predicted molar refractivity (Wildman–Crippen MR) is 117 cm³/mol. The number of hydrogen-bond acceptors (Lipinski definition) is 13. The number of fused-ring (bicyclic) bond motifs is 3. The van der Waals surface area contributed by atoms with Gasteiger partial charge in [-0.15, -0.1) is 0 Å². The van der Waals surface area contributed by atoms with Crippen molar-refractivity contribution >= 4 is 11.9 Å². The van der Waals surface area contributed by atoms with Gasteiger partial charge in [0, 0.05) is 5.56 Å². The lowest BCUT2D eigenvalue weighted by Crippen LogP contribution is -2.58. The highest BCUT2D eigenvalue weighted by atomic mass is 16.6. The van der Waals surface area contributed by atoms with Crippen molar-refractivity contribution in [2.75, 3.05) is 27.9 Å². The van der Waals surface area contributed by atoms with Crippen molar-refractivity contribution in [1.82, 2.24) is 0 Å². The highest BCUT2D eigenvalue weighted by Crippen LogP contribution is 2.50. The van der Waals surface area contributed by atoms with Crippen molar-refractivity contribution in [3.05, 3.63) is 34.9 Å². The Morgan fingerprint density at radius 2 is 1.58 bits per heavy atom. The highest BCUT2D eigenvalue weighted by Gasteiger charge is 2.52. The molecule has 2 aromatic rings. The molecule has 13 nitrogen and oxygen atoms in total. The third kappa shape index (κ3) is 4.06. The summed E-state index contributed by atoms with van der Waals surface area (Å²) < 4.78 is 31.3. The van der Waals surface area contributed by atoms with Gasteiger partial charge in [0.25, 0.3) is 0 Å². The van der Waals surface area contributed by atoms with Crippen LogP contribution < -0.4 is 14.2 Å². The van der Waals surface area contributed by atoms with Gasteiger partial charge in [-0.1, -0.05) is 0 Å². The van der Waals surface area contributed by atoms with Gasteiger partial charge in [-0.05, 0) is 18.2 Å². The molecule has 0 bridgehead atoms. The summed E-state index contributed by atoms with van der Waals surface area (Å²) in [6.45, 7) is -0.551. The molecule has 0 aliphatic carbocycles. The topological polar surface area (TPSA) is 191 Å². The first kappa shape index (κ1) is 25.2. The molecule has 5 atom stereocenters. The molecule has 2 aromatic carbocycles. The van der Waals surface area contributed by atoms with Crippen LogP contribution >= 0.6 is 0 Å². The summed E-state index contributed by atoms with van der Waals surface area (Å²) in [7, 11) is 3.76. The molecule has 2 aliphatic rings. The zero-order valence-electron chi connectivity index (χ0n) is 19.3. The zero-order valence-corrected chi connectivity index (χ0v) is 19.3. The second-order valence-corrected chi connectivity index (χ2v) is 8.01. The fourth-order valence-electron chi connectivity index (χ4n) is 4.19. The maximum absolute atomic E-state index is 12.7. The van der Waals surface area contributed by atoms with Gasteiger partial charge in [0.1, 0.15) is 31.0 Å². The molecule has 36 heavy (non-hydrogen) atoms. The summed E-state index contributed by atoms with van der Waals surface area (Å²) in [5.41, 5.74) is -0.393. The van der Waals surface area contributed by atoms with E-state index >= 15 is 0 Å². The van der Waals surface area contributed by atoms with Crippen molar-refractivity contribution in [3.8, 4) is 34.5 Å². The standard InChI is InChI=1S/C23H24O13/c1-31-11-4-8(5-12(32-2)15(11)25)22(29)34-7-13-16(26)18(28)21-20(35-13)14-9(23(30)36-21)6-10(24)19(33-3)17(14)27/h4-6,13,16,18,20-21,24-28H,7H2,1-3H3/t13-,16-,18+,20+,21-/m1/s1. The molecule has 1 saturated heterocycles. The summed E-state index contributed by atoms with van der Waals surface area (Å²) in [4.78, 5) is 25.1. The highest BCUT2D eigenvalue weighted by molar-refractivity contribution is 5.95. The van der Waals surface area contributed by atoms with Crippen LogP contribution in [-0.4, -0.2) is 89.8 Å². The van der Waals surface area contributed by atoms with Crippen LogP contribution in [0.3, 0.4) is 0 Å². The number of ether oxygens (including phenoxy) is 6. The minimum Gasteiger partial charge on any atom is -0.504 e. The molecular weight excluding hydrogens is 484 g/mol. The molecule has 2 aliphatic heterocycles. The maximum atomic E-state index is 12.7. The summed E-state index contributed by atoms with van der Waals surface area (Å²) >= 11 is 0. The van der Waals surface area contributed by atoms with Gasteiger partial charge in [-0.25, -0.2) is 9.59 Å². The smallest absolute Gasteiger partial charge is 0.339 e. The largest absolute Gasteiger partial charge is 0.504 e. The summed E-state index contributed by atoms with van der Waals surface area (Å²) in [6, 6.07) is 3.46. The number of carbonyl (C=O) groups excluding carboxylic acids is 2. The fourth-order valence-corrected chi connectivity index (χ4v) is 4.19. The average Bonchev–Trinajstić information content (AvgIpc) is 2.86. The van der Waals surface area contributed by atoms with E-state index in [1.165, 1.54) is 33.5 Å². The summed E-state index contributed by atoms with van der Waals surface area (Å²) in [6.07, 6.45) is -7.31. The summed E-state index contributed by atoms with van der Waals surface area (Å²) in [5, 5.41) is 51.9. The summed E-state index contributed by atoms with van der Waals surface area (Å²) in [5.74, 6) is -3.71. The molecule has 0 saturated carbocycles. The van der Waals surface area contributed by atoms with Crippen molar-refractivity contribution in [3.63, 3.8) is 0 Å². The number of benzene rings is 2. The van der Waals surface area contributed by atoms with Crippen LogP contribution in [0.15, 0.2) is 18.2 Å². The molecule has 194 valence electrons. The number of aliphatic hydroxyl groups excluding tert-OH is 2. The number of phenols is 3. The second kappa shape index (κ2) is 9.60. The van der Waals surface area contributed by atoms with E-state index in [1.807, 2.05) is 0 Å². The molecule has 5 N–H and O–H groups in total. The Morgan fingerprint density at radius 3 is 2.17 bits per heavy atom. The number of aromatic hydroxyl groups is 3. The minimum absolute atomic E-state index is 0.0400. The lowest BCUT2D eigenvalue weighted by atomic mass is 9.86. The Morgan fingerprint density at radius 1 is 0.944 bits per heavy atom. The normalized spacial score (nSPS) is 24.7. The number of aliphatic hydroxyl groups is 2. The molecule has 13 heteroatoms. The minimum atomic E-state index is -1.67. The average molecular weight is 508 g/mol. The van der Waals surface area contributed by atoms with Gasteiger partial charge in [0.05, 0.1) is 32.5 Å². The first-order valence-corrected chi connectivity index (χ1v) is 10.6. The van der Waals surface area contributed by atoms with Crippen LogP contribution in [0.1, 0.15) is 32.4 Å². The SMILES string of the molecule is COc1cc(C(=O)OC[C@H]2O[C@H]3c4c(cc(O)c(OC)c4O)C(=O)O[C@@H]3[C@@H](O)[C@@H]2O)cc(OC)c1O. The predicted octanol–water partition coefficient (Wildman–Crippen LogP) is 0.387. The number of phenolic OH excluding ortho intramolecular Hbond substituents is 3. The molecule has 4 rings (SSSR count). The van der Waals surface area contributed by atoms with E-state index in [0.717, 1.165) is 6.07 Å².